The van der Waals surface area contributed by atoms with Gasteiger partial charge in [0.15, 0.2) is 0 Å². The number of aliphatic carboxylic acids is 1. The lowest BCUT2D eigenvalue weighted by Crippen LogP contribution is -2.47. The van der Waals surface area contributed by atoms with Gasteiger partial charge in [-0.3, -0.25) is 4.79 Å². The van der Waals surface area contributed by atoms with E-state index in [9.17, 15) is 13.2 Å². The lowest BCUT2D eigenvalue weighted by atomic mass is 10.0. The Labute approximate surface area is 122 Å². The Bertz CT molecular complexity index is 542. The number of hydrogen-bond acceptors (Lipinski definition) is 4. The zero-order valence-electron chi connectivity index (χ0n) is 11.0. The molecule has 2 N–H and O–H groups in total. The van der Waals surface area contributed by atoms with Crippen LogP contribution in [0, 0.1) is 5.92 Å². The number of thiophene rings is 1. The second kappa shape index (κ2) is 6.66. The van der Waals surface area contributed by atoms with Gasteiger partial charge in [0.2, 0.25) is 0 Å². The number of hydrogen-bond donors (Lipinski definition) is 2. The van der Waals surface area contributed by atoms with Crippen LogP contribution in [0.3, 0.4) is 0 Å². The molecule has 2 heterocycles. The minimum absolute atomic E-state index is 0.0586. The van der Waals surface area contributed by atoms with Crippen LogP contribution in [0.1, 0.15) is 18.4 Å². The Morgan fingerprint density at radius 1 is 1.55 bits per heavy atom. The normalized spacial score (nSPS) is 20.9. The van der Waals surface area contributed by atoms with E-state index in [4.69, 9.17) is 5.11 Å². The van der Waals surface area contributed by atoms with Crippen molar-refractivity contribution in [2.45, 2.75) is 19.3 Å². The topological polar surface area (TPSA) is 86.7 Å². The van der Waals surface area contributed by atoms with E-state index in [1.807, 2.05) is 16.8 Å². The molecule has 2 rings (SSSR count). The summed E-state index contributed by atoms with van der Waals surface area (Å²) in [5.74, 6) is -1.53. The smallest absolute Gasteiger partial charge is 0.307 e. The molecule has 6 nitrogen and oxygen atoms in total. The Hall–Kier alpha value is -0.960. The molecule has 112 valence electrons. The molecule has 1 aromatic rings. The lowest BCUT2D eigenvalue weighted by molar-refractivity contribution is -0.142. The highest BCUT2D eigenvalue weighted by atomic mass is 32.2. The molecule has 0 aliphatic carbocycles. The van der Waals surface area contributed by atoms with E-state index in [0.29, 0.717) is 32.4 Å². The molecule has 1 atom stereocenters. The summed E-state index contributed by atoms with van der Waals surface area (Å²) in [4.78, 5) is 11.0. The SMILES string of the molecule is O=C(O)C1CCCN(S(=O)(=O)NCCc2ccsc2)C1. The van der Waals surface area contributed by atoms with E-state index >= 15 is 0 Å². The summed E-state index contributed by atoms with van der Waals surface area (Å²) in [6.07, 6.45) is 1.76. The standard InChI is InChI=1S/C12H18N2O4S2/c15-12(16)11-2-1-6-14(8-11)20(17,18)13-5-3-10-4-7-19-9-10/h4,7,9,11,13H,1-3,5-6,8H2,(H,15,16). The Morgan fingerprint density at radius 2 is 2.35 bits per heavy atom. The predicted molar refractivity (Wildman–Crippen MR) is 76.9 cm³/mol. The molecule has 0 aromatic carbocycles. The molecular weight excluding hydrogens is 300 g/mol. The zero-order valence-corrected chi connectivity index (χ0v) is 12.6. The maximum atomic E-state index is 12.1. The molecular formula is C12H18N2O4S2. The van der Waals surface area contributed by atoms with E-state index in [0.717, 1.165) is 5.56 Å². The summed E-state index contributed by atoms with van der Waals surface area (Å²) < 4.78 is 28.0. The van der Waals surface area contributed by atoms with Crippen molar-refractivity contribution in [3.63, 3.8) is 0 Å². The molecule has 0 radical (unpaired) electrons. The van der Waals surface area contributed by atoms with Gasteiger partial charge >= 0.3 is 5.97 Å². The van der Waals surface area contributed by atoms with Crippen molar-refractivity contribution in [3.8, 4) is 0 Å². The highest BCUT2D eigenvalue weighted by molar-refractivity contribution is 7.87. The third kappa shape index (κ3) is 4.02. The van der Waals surface area contributed by atoms with Gasteiger partial charge in [-0.25, -0.2) is 4.72 Å². The molecule has 1 unspecified atom stereocenters. The molecule has 8 heteroatoms. The number of nitrogens with one attached hydrogen (secondary N) is 1. The Balaban J connectivity index is 1.87. The Morgan fingerprint density at radius 3 is 3.00 bits per heavy atom. The second-order valence-corrected chi connectivity index (χ2v) is 7.35. The van der Waals surface area contributed by atoms with Gasteiger partial charge in [0.05, 0.1) is 5.92 Å². The van der Waals surface area contributed by atoms with Crippen LogP contribution >= 0.6 is 11.3 Å². The summed E-state index contributed by atoms with van der Waals surface area (Å²) in [6, 6.07) is 1.96. The van der Waals surface area contributed by atoms with Crippen LogP contribution in [0.2, 0.25) is 0 Å². The number of carboxylic acid groups (broad SMARTS) is 1. The summed E-state index contributed by atoms with van der Waals surface area (Å²) in [6.45, 7) is 0.772. The van der Waals surface area contributed by atoms with Crippen molar-refractivity contribution in [2.24, 2.45) is 5.92 Å². The van der Waals surface area contributed by atoms with Crippen molar-refractivity contribution in [1.82, 2.24) is 9.03 Å². The van der Waals surface area contributed by atoms with Crippen molar-refractivity contribution in [1.29, 1.82) is 0 Å². The van der Waals surface area contributed by atoms with Crippen LogP contribution in [0.5, 0.6) is 0 Å². The van der Waals surface area contributed by atoms with Gasteiger partial charge in [0.1, 0.15) is 0 Å². The van der Waals surface area contributed by atoms with Crippen LogP contribution in [0.15, 0.2) is 16.8 Å². The molecule has 0 bridgehead atoms. The first kappa shape index (κ1) is 15.4. The summed E-state index contributed by atoms with van der Waals surface area (Å²) >= 11 is 1.58. The molecule has 0 spiro atoms. The molecule has 1 fully saturated rings. The molecule has 1 aliphatic rings. The quantitative estimate of drug-likeness (QED) is 0.816. The minimum Gasteiger partial charge on any atom is -0.481 e. The van der Waals surface area contributed by atoms with Crippen LogP contribution in [-0.4, -0.2) is 43.4 Å². The average molecular weight is 318 g/mol. The number of carboxylic acids is 1. The number of piperidine rings is 1. The van der Waals surface area contributed by atoms with Crippen molar-refractivity contribution in [3.05, 3.63) is 22.4 Å². The highest BCUT2D eigenvalue weighted by Gasteiger charge is 2.31. The fourth-order valence-corrected chi connectivity index (χ4v) is 4.20. The third-order valence-electron chi connectivity index (χ3n) is 3.35. The van der Waals surface area contributed by atoms with Gasteiger partial charge in [0, 0.05) is 19.6 Å². The van der Waals surface area contributed by atoms with Crippen molar-refractivity contribution >= 4 is 27.5 Å². The first-order chi connectivity index (χ1) is 9.49. The van der Waals surface area contributed by atoms with Crippen molar-refractivity contribution < 1.29 is 18.3 Å². The van der Waals surface area contributed by atoms with Gasteiger partial charge in [-0.2, -0.15) is 24.1 Å². The van der Waals surface area contributed by atoms with E-state index in [2.05, 4.69) is 4.72 Å². The van der Waals surface area contributed by atoms with Gasteiger partial charge in [-0.15, -0.1) is 0 Å². The van der Waals surface area contributed by atoms with E-state index < -0.39 is 22.1 Å². The van der Waals surface area contributed by atoms with Crippen LogP contribution in [-0.2, 0) is 21.4 Å². The van der Waals surface area contributed by atoms with Gasteiger partial charge in [-0.1, -0.05) is 0 Å². The monoisotopic (exact) mass is 318 g/mol. The van der Waals surface area contributed by atoms with E-state index in [-0.39, 0.29) is 6.54 Å². The zero-order chi connectivity index (χ0) is 14.6. The summed E-state index contributed by atoms with van der Waals surface area (Å²) in [5.41, 5.74) is 1.10. The summed E-state index contributed by atoms with van der Waals surface area (Å²) in [5, 5.41) is 12.9. The fourth-order valence-electron chi connectivity index (χ4n) is 2.21. The minimum atomic E-state index is -3.58. The first-order valence-electron chi connectivity index (χ1n) is 6.47. The van der Waals surface area contributed by atoms with E-state index in [1.54, 1.807) is 11.3 Å². The highest BCUT2D eigenvalue weighted by Crippen LogP contribution is 2.18. The Kier molecular flexibility index (Phi) is 5.14. The number of nitrogens with zero attached hydrogens (tertiary/aromatic N) is 1. The predicted octanol–water partition coefficient (Wildman–Crippen LogP) is 0.922. The summed E-state index contributed by atoms with van der Waals surface area (Å²) in [7, 11) is -3.58. The second-order valence-electron chi connectivity index (χ2n) is 4.82. The third-order valence-corrected chi connectivity index (χ3v) is 5.66. The van der Waals surface area contributed by atoms with E-state index in [1.165, 1.54) is 4.31 Å². The van der Waals surface area contributed by atoms with Crippen molar-refractivity contribution in [2.75, 3.05) is 19.6 Å². The molecule has 1 saturated heterocycles. The van der Waals surface area contributed by atoms with Crippen LogP contribution in [0.4, 0.5) is 0 Å². The van der Waals surface area contributed by atoms with Gasteiger partial charge < -0.3 is 5.11 Å². The molecule has 1 aromatic heterocycles. The first-order valence-corrected chi connectivity index (χ1v) is 8.86. The molecule has 0 amide bonds. The molecule has 20 heavy (non-hydrogen) atoms. The fraction of sp³-hybridized carbons (Fsp3) is 0.583. The largest absolute Gasteiger partial charge is 0.481 e. The maximum absolute atomic E-state index is 12.1. The van der Waals surface area contributed by atoms with Gasteiger partial charge in [-0.05, 0) is 41.7 Å². The van der Waals surface area contributed by atoms with Gasteiger partial charge in [0.25, 0.3) is 10.2 Å². The molecule has 1 aliphatic heterocycles. The number of carbonyl (C=O) groups is 1. The lowest BCUT2D eigenvalue weighted by Gasteiger charge is -2.29. The molecule has 0 saturated carbocycles. The average Bonchev–Trinajstić information content (AvgIpc) is 2.92. The maximum Gasteiger partial charge on any atom is 0.307 e. The number of rotatable bonds is 6. The van der Waals surface area contributed by atoms with Crippen LogP contribution in [0.25, 0.3) is 0 Å². The van der Waals surface area contributed by atoms with Crippen LogP contribution < -0.4 is 4.72 Å².